The Hall–Kier alpha value is -1.67. The first-order valence-corrected chi connectivity index (χ1v) is 10.3. The summed E-state index contributed by atoms with van der Waals surface area (Å²) in [5.41, 5.74) is 5.97. The lowest BCUT2D eigenvalue weighted by Crippen LogP contribution is -2.50. The average Bonchev–Trinajstić information content (AvgIpc) is 3.33. The number of halogens is 1. The zero-order valence-electron chi connectivity index (χ0n) is 16.5. The van der Waals surface area contributed by atoms with Crippen molar-refractivity contribution in [2.75, 3.05) is 26.2 Å². The molecule has 3 aliphatic rings. The van der Waals surface area contributed by atoms with Crippen LogP contribution < -0.4 is 5.73 Å². The van der Waals surface area contributed by atoms with E-state index >= 15 is 0 Å². The Bertz CT molecular complexity index is 717. The molecule has 3 fully saturated rings. The van der Waals surface area contributed by atoms with Crippen LogP contribution in [0, 0.1) is 5.41 Å². The molecule has 0 bridgehead atoms. The zero-order chi connectivity index (χ0) is 19.0. The second-order valence-corrected chi connectivity index (χ2v) is 8.40. The van der Waals surface area contributed by atoms with Gasteiger partial charge in [-0.05, 0) is 51.9 Å². The fraction of sp³-hybridized carbons (Fsp3) is 0.789. The number of amides is 2. The predicted molar refractivity (Wildman–Crippen MR) is 107 cm³/mol. The van der Waals surface area contributed by atoms with Gasteiger partial charge in [0.05, 0.1) is 17.7 Å². The van der Waals surface area contributed by atoms with Gasteiger partial charge in [-0.25, -0.2) is 4.68 Å². The van der Waals surface area contributed by atoms with Crippen LogP contribution in [0.5, 0.6) is 0 Å². The van der Waals surface area contributed by atoms with Gasteiger partial charge in [0.15, 0.2) is 5.69 Å². The lowest BCUT2D eigenvalue weighted by Gasteiger charge is -2.38. The molecule has 1 aromatic heterocycles. The first-order valence-electron chi connectivity index (χ1n) is 10.3. The molecule has 2 aliphatic heterocycles. The van der Waals surface area contributed by atoms with E-state index in [2.05, 4.69) is 10.3 Å². The Morgan fingerprint density at radius 3 is 2.71 bits per heavy atom. The van der Waals surface area contributed by atoms with Crippen LogP contribution in [0.3, 0.4) is 0 Å². The highest BCUT2D eigenvalue weighted by molar-refractivity contribution is 5.93. The van der Waals surface area contributed by atoms with E-state index in [9.17, 15) is 9.59 Å². The molecule has 156 valence electrons. The van der Waals surface area contributed by atoms with E-state index in [1.807, 2.05) is 16.5 Å². The molecule has 3 heterocycles. The number of nitrogens with zero attached hydrogens (tertiary/aromatic N) is 5. The number of hydrogen-bond donors (Lipinski definition) is 1. The molecule has 1 spiro atoms. The van der Waals surface area contributed by atoms with Gasteiger partial charge >= 0.3 is 0 Å². The van der Waals surface area contributed by atoms with Crippen LogP contribution >= 0.6 is 12.4 Å². The first kappa shape index (κ1) is 21.0. The maximum absolute atomic E-state index is 12.9. The molecular weight excluding hydrogens is 380 g/mol. The smallest absolute Gasteiger partial charge is 0.276 e. The van der Waals surface area contributed by atoms with Crippen LogP contribution in [-0.2, 0) is 4.79 Å². The number of rotatable bonds is 3. The van der Waals surface area contributed by atoms with Crippen LogP contribution in [-0.4, -0.2) is 68.8 Å². The fourth-order valence-corrected chi connectivity index (χ4v) is 4.96. The Balaban J connectivity index is 0.00000225. The Morgan fingerprint density at radius 1 is 1.25 bits per heavy atom. The molecule has 0 aromatic carbocycles. The third-order valence-electron chi connectivity index (χ3n) is 6.69. The lowest BCUT2D eigenvalue weighted by atomic mass is 9.78. The van der Waals surface area contributed by atoms with Crippen molar-refractivity contribution in [2.24, 2.45) is 11.1 Å². The number of carbonyl (C=O) groups is 2. The summed E-state index contributed by atoms with van der Waals surface area (Å²) in [4.78, 5) is 29.5. The van der Waals surface area contributed by atoms with Crippen molar-refractivity contribution < 1.29 is 9.59 Å². The molecule has 4 rings (SSSR count). The quantitative estimate of drug-likeness (QED) is 0.816. The summed E-state index contributed by atoms with van der Waals surface area (Å²) in [6.45, 7) is 4.73. The summed E-state index contributed by atoms with van der Waals surface area (Å²) in [5, 5.41) is 8.34. The van der Waals surface area contributed by atoms with E-state index in [0.717, 1.165) is 58.0 Å². The second kappa shape index (κ2) is 8.37. The van der Waals surface area contributed by atoms with Crippen molar-refractivity contribution in [1.82, 2.24) is 24.8 Å². The highest BCUT2D eigenvalue weighted by Gasteiger charge is 2.49. The number of likely N-dealkylation sites (tertiary alicyclic amines) is 2. The second-order valence-electron chi connectivity index (χ2n) is 8.40. The van der Waals surface area contributed by atoms with E-state index in [1.165, 1.54) is 0 Å². The van der Waals surface area contributed by atoms with Crippen LogP contribution in [0.2, 0.25) is 0 Å². The molecule has 1 saturated carbocycles. The summed E-state index contributed by atoms with van der Waals surface area (Å²) in [6.07, 6.45) is 8.34. The Labute approximate surface area is 172 Å². The van der Waals surface area contributed by atoms with Gasteiger partial charge in [0.2, 0.25) is 5.91 Å². The summed E-state index contributed by atoms with van der Waals surface area (Å²) >= 11 is 0. The molecule has 2 saturated heterocycles. The van der Waals surface area contributed by atoms with E-state index in [-0.39, 0.29) is 41.7 Å². The van der Waals surface area contributed by atoms with Crippen molar-refractivity contribution in [1.29, 1.82) is 0 Å². The maximum atomic E-state index is 12.9. The van der Waals surface area contributed by atoms with Gasteiger partial charge in [0.1, 0.15) is 0 Å². The molecule has 1 unspecified atom stereocenters. The van der Waals surface area contributed by atoms with E-state index in [4.69, 9.17) is 5.73 Å². The minimum atomic E-state index is -0.389. The first-order chi connectivity index (χ1) is 13.0. The molecule has 1 aromatic rings. The SMILES string of the molecule is CCN1CCCC2(CCN(C(=O)c3cn(C4CCC(N)CC4)nn3)C2)C1=O.Cl. The van der Waals surface area contributed by atoms with Gasteiger partial charge in [0, 0.05) is 32.2 Å². The van der Waals surface area contributed by atoms with Crippen molar-refractivity contribution in [3.05, 3.63) is 11.9 Å². The van der Waals surface area contributed by atoms with Gasteiger partial charge < -0.3 is 15.5 Å². The summed E-state index contributed by atoms with van der Waals surface area (Å²) < 4.78 is 1.83. The highest BCUT2D eigenvalue weighted by atomic mass is 35.5. The minimum Gasteiger partial charge on any atom is -0.342 e. The van der Waals surface area contributed by atoms with E-state index in [1.54, 1.807) is 11.1 Å². The zero-order valence-corrected chi connectivity index (χ0v) is 17.4. The number of piperidine rings is 1. The number of carbonyl (C=O) groups excluding carboxylic acids is 2. The van der Waals surface area contributed by atoms with Crippen LogP contribution in [0.15, 0.2) is 6.20 Å². The van der Waals surface area contributed by atoms with Crippen molar-refractivity contribution in [2.45, 2.75) is 64.0 Å². The molecular formula is C19H31ClN6O2. The largest absolute Gasteiger partial charge is 0.342 e. The van der Waals surface area contributed by atoms with Crippen LogP contribution in [0.25, 0.3) is 0 Å². The van der Waals surface area contributed by atoms with Crippen LogP contribution in [0.1, 0.15) is 68.4 Å². The molecule has 2 N–H and O–H groups in total. The minimum absolute atomic E-state index is 0. The molecule has 0 radical (unpaired) electrons. The van der Waals surface area contributed by atoms with Gasteiger partial charge in [-0.15, -0.1) is 17.5 Å². The highest BCUT2D eigenvalue weighted by Crippen LogP contribution is 2.40. The van der Waals surface area contributed by atoms with Crippen molar-refractivity contribution in [3.8, 4) is 0 Å². The maximum Gasteiger partial charge on any atom is 0.276 e. The van der Waals surface area contributed by atoms with Crippen molar-refractivity contribution >= 4 is 24.2 Å². The number of hydrogen-bond acceptors (Lipinski definition) is 5. The predicted octanol–water partition coefficient (Wildman–Crippen LogP) is 1.62. The topological polar surface area (TPSA) is 97.3 Å². The molecule has 1 atom stereocenters. The fourth-order valence-electron chi connectivity index (χ4n) is 4.96. The number of aromatic nitrogens is 3. The van der Waals surface area contributed by atoms with E-state index in [0.29, 0.717) is 18.8 Å². The third-order valence-corrected chi connectivity index (χ3v) is 6.69. The third kappa shape index (κ3) is 3.76. The Kier molecular flexibility index (Phi) is 6.29. The Morgan fingerprint density at radius 2 is 2.00 bits per heavy atom. The molecule has 9 heteroatoms. The molecule has 2 amide bonds. The van der Waals surface area contributed by atoms with Gasteiger partial charge in [-0.3, -0.25) is 9.59 Å². The monoisotopic (exact) mass is 410 g/mol. The summed E-state index contributed by atoms with van der Waals surface area (Å²) in [7, 11) is 0. The van der Waals surface area contributed by atoms with Gasteiger partial charge in [-0.2, -0.15) is 0 Å². The molecule has 1 aliphatic carbocycles. The van der Waals surface area contributed by atoms with Gasteiger partial charge in [0.25, 0.3) is 5.91 Å². The average molecular weight is 411 g/mol. The number of nitrogens with two attached hydrogens (primary N) is 1. The van der Waals surface area contributed by atoms with Crippen LogP contribution in [0.4, 0.5) is 0 Å². The molecule has 8 nitrogen and oxygen atoms in total. The molecule has 28 heavy (non-hydrogen) atoms. The van der Waals surface area contributed by atoms with Crippen molar-refractivity contribution in [3.63, 3.8) is 0 Å². The lowest BCUT2D eigenvalue weighted by molar-refractivity contribution is -0.145. The van der Waals surface area contributed by atoms with E-state index < -0.39 is 0 Å². The summed E-state index contributed by atoms with van der Waals surface area (Å²) in [6, 6.07) is 0.559. The normalized spacial score (nSPS) is 30.6. The summed E-state index contributed by atoms with van der Waals surface area (Å²) in [5.74, 6) is 0.112. The van der Waals surface area contributed by atoms with Gasteiger partial charge in [-0.1, -0.05) is 5.21 Å². The standard InChI is InChI=1S/C19H30N6O2.ClH/c1-2-23-10-3-8-19(18(23)27)9-11-24(13-19)17(26)16-12-25(22-21-16)15-6-4-14(20)5-7-15;/h12,14-15H,2-11,13,20H2,1H3;1H.